The third-order valence-electron chi connectivity index (χ3n) is 4.78. The Hall–Kier alpha value is -1.43. The molecule has 1 amide bonds. The van der Waals surface area contributed by atoms with Crippen LogP contribution in [0.25, 0.3) is 0 Å². The lowest BCUT2D eigenvalue weighted by Gasteiger charge is -2.40. The zero-order chi connectivity index (χ0) is 22.3. The number of hydrogen-bond donors (Lipinski definition) is 0. The molecule has 5 nitrogen and oxygen atoms in total. The first-order valence-corrected chi connectivity index (χ1v) is 13.6. The van der Waals surface area contributed by atoms with Gasteiger partial charge < -0.3 is 14.4 Å². The van der Waals surface area contributed by atoms with Crippen molar-refractivity contribution in [1.29, 1.82) is 0 Å². The van der Waals surface area contributed by atoms with E-state index in [2.05, 4.69) is 50.8 Å². The van der Waals surface area contributed by atoms with Crippen molar-refractivity contribution in [3.05, 3.63) is 27.5 Å². The monoisotopic (exact) mass is 500 g/mol. The van der Waals surface area contributed by atoms with Crippen LogP contribution in [0.1, 0.15) is 31.9 Å². The second-order valence-electron chi connectivity index (χ2n) is 9.47. The molecule has 0 spiro atoms. The van der Waals surface area contributed by atoms with Crippen LogP contribution < -0.4 is 4.74 Å². The van der Waals surface area contributed by atoms with Gasteiger partial charge in [0.05, 0.1) is 10.5 Å². The number of halogens is 2. The molecule has 0 bridgehead atoms. The summed E-state index contributed by atoms with van der Waals surface area (Å²) >= 11 is 3.35. The Morgan fingerprint density at radius 2 is 2.03 bits per heavy atom. The number of amides is 1. The van der Waals surface area contributed by atoms with E-state index in [0.29, 0.717) is 42.8 Å². The van der Waals surface area contributed by atoms with E-state index in [9.17, 15) is 4.79 Å². The van der Waals surface area contributed by atoms with Gasteiger partial charge in [0.15, 0.2) is 11.6 Å². The van der Waals surface area contributed by atoms with E-state index < -0.39 is 21.4 Å². The Labute approximate surface area is 188 Å². The largest absolute Gasteiger partial charge is 0.488 e. The second-order valence-corrected chi connectivity index (χ2v) is 14.1. The Balaban J connectivity index is 1.81. The standard InChI is InChI=1S/C22H30BrFN2O3S/c1-22(2,3)29-21(27)26-9-8-25-12-16-11-15(7-10-30(4,5)6)18(23)19(24)20(16)28-14-17(25)13-26/h11,17H,8-9,12-14H2,1-6H3/t17-/m1/s1. The van der Waals surface area contributed by atoms with Gasteiger partial charge in [-0.15, -0.1) is 0 Å². The van der Waals surface area contributed by atoms with Crippen LogP contribution in [0.4, 0.5) is 9.18 Å². The predicted molar refractivity (Wildman–Crippen MR) is 124 cm³/mol. The lowest BCUT2D eigenvalue weighted by atomic mass is 10.1. The molecule has 2 aliphatic heterocycles. The number of carbonyl (C=O) groups is 1. The number of rotatable bonds is 0. The lowest BCUT2D eigenvalue weighted by molar-refractivity contribution is -0.00164. The smallest absolute Gasteiger partial charge is 0.410 e. The molecule has 30 heavy (non-hydrogen) atoms. The maximum absolute atomic E-state index is 15.1. The van der Waals surface area contributed by atoms with Gasteiger partial charge in [-0.3, -0.25) is 4.90 Å². The van der Waals surface area contributed by atoms with Crippen LogP contribution in [0.3, 0.4) is 0 Å². The molecule has 0 aromatic heterocycles. The summed E-state index contributed by atoms with van der Waals surface area (Å²) in [5, 5.41) is 3.25. The molecule has 1 atom stereocenters. The number of nitrogens with zero attached hydrogens (tertiary/aromatic N) is 2. The normalized spacial score (nSPS) is 20.1. The van der Waals surface area contributed by atoms with Crippen LogP contribution in [-0.4, -0.2) is 72.5 Å². The number of ether oxygens (including phenoxy) is 2. The van der Waals surface area contributed by atoms with Crippen molar-refractivity contribution in [3.8, 4) is 16.9 Å². The topological polar surface area (TPSA) is 42.0 Å². The predicted octanol–water partition coefficient (Wildman–Crippen LogP) is 4.40. The Kier molecular flexibility index (Phi) is 6.66. The van der Waals surface area contributed by atoms with Gasteiger partial charge in [-0.05, 0) is 66.8 Å². The van der Waals surface area contributed by atoms with E-state index in [1.807, 2.05) is 26.8 Å². The molecule has 0 radical (unpaired) electrons. The molecule has 1 aromatic rings. The SMILES string of the molecule is CC(C)(C)OC(=O)N1CCN2Cc3cc(C#CS(C)(C)C)c(Br)c(F)c3OC[C@H]2C1. The molecule has 0 unspecified atom stereocenters. The minimum Gasteiger partial charge on any atom is -0.488 e. The first kappa shape index (κ1) is 23.2. The first-order chi connectivity index (χ1) is 13.8. The molecule has 1 fully saturated rings. The number of hydrogen-bond acceptors (Lipinski definition) is 4. The average molecular weight is 501 g/mol. The van der Waals surface area contributed by atoms with E-state index in [-0.39, 0.29) is 17.9 Å². The highest BCUT2D eigenvalue weighted by atomic mass is 79.9. The number of carbonyl (C=O) groups excluding carboxylic acids is 1. The summed E-state index contributed by atoms with van der Waals surface area (Å²) in [6, 6.07) is 1.90. The summed E-state index contributed by atoms with van der Waals surface area (Å²) in [6.07, 6.45) is 5.99. The third kappa shape index (κ3) is 5.63. The molecule has 166 valence electrons. The molecule has 1 aromatic carbocycles. The van der Waals surface area contributed by atoms with Crippen LogP contribution in [-0.2, 0) is 11.3 Å². The summed E-state index contributed by atoms with van der Waals surface area (Å²) in [5.74, 6) is 3.00. The van der Waals surface area contributed by atoms with Crippen molar-refractivity contribution in [1.82, 2.24) is 9.80 Å². The van der Waals surface area contributed by atoms with Crippen LogP contribution in [0.2, 0.25) is 0 Å². The van der Waals surface area contributed by atoms with E-state index in [1.165, 1.54) is 0 Å². The van der Waals surface area contributed by atoms with Crippen LogP contribution in [0, 0.1) is 17.0 Å². The number of benzene rings is 1. The molecule has 0 saturated carbocycles. The fraction of sp³-hybridized carbons (Fsp3) is 0.591. The summed E-state index contributed by atoms with van der Waals surface area (Å²) < 4.78 is 26.8. The van der Waals surface area contributed by atoms with Crippen molar-refractivity contribution in [2.45, 2.75) is 39.0 Å². The Morgan fingerprint density at radius 3 is 2.67 bits per heavy atom. The molecule has 3 rings (SSSR count). The molecule has 8 heteroatoms. The highest BCUT2D eigenvalue weighted by molar-refractivity contribution is 9.10. The Morgan fingerprint density at radius 1 is 1.33 bits per heavy atom. The molecule has 0 N–H and O–H groups in total. The molecule has 1 saturated heterocycles. The molecule has 2 heterocycles. The van der Waals surface area contributed by atoms with Crippen molar-refractivity contribution >= 4 is 32.1 Å². The van der Waals surface area contributed by atoms with E-state index in [4.69, 9.17) is 9.47 Å². The van der Waals surface area contributed by atoms with Gasteiger partial charge >= 0.3 is 6.09 Å². The van der Waals surface area contributed by atoms with Crippen molar-refractivity contribution in [2.24, 2.45) is 0 Å². The zero-order valence-corrected chi connectivity index (χ0v) is 20.9. The third-order valence-corrected chi connectivity index (χ3v) is 6.27. The van der Waals surface area contributed by atoms with Gasteiger partial charge in [0.25, 0.3) is 0 Å². The maximum atomic E-state index is 15.1. The first-order valence-electron chi connectivity index (χ1n) is 9.91. The lowest BCUT2D eigenvalue weighted by Crippen LogP contribution is -2.56. The van der Waals surface area contributed by atoms with E-state index in [1.54, 1.807) is 4.90 Å². The van der Waals surface area contributed by atoms with Crippen molar-refractivity contribution in [2.75, 3.05) is 45.0 Å². The highest BCUT2D eigenvalue weighted by Gasteiger charge is 2.35. The van der Waals surface area contributed by atoms with Gasteiger partial charge in [0, 0.05) is 37.3 Å². The summed E-state index contributed by atoms with van der Waals surface area (Å²) in [7, 11) is -1.02. The van der Waals surface area contributed by atoms with E-state index >= 15 is 4.39 Å². The zero-order valence-electron chi connectivity index (χ0n) is 18.5. The maximum Gasteiger partial charge on any atom is 0.410 e. The summed E-state index contributed by atoms with van der Waals surface area (Å²) in [4.78, 5) is 16.4. The highest BCUT2D eigenvalue weighted by Crippen LogP contribution is 2.37. The van der Waals surface area contributed by atoms with Crippen LogP contribution in [0.15, 0.2) is 10.5 Å². The summed E-state index contributed by atoms with van der Waals surface area (Å²) in [5.41, 5.74) is 0.895. The van der Waals surface area contributed by atoms with Crippen LogP contribution in [0.5, 0.6) is 5.75 Å². The van der Waals surface area contributed by atoms with Gasteiger partial charge in [-0.1, -0.05) is 5.92 Å². The molecule has 0 aliphatic carbocycles. The minimum atomic E-state index is -1.02. The fourth-order valence-electron chi connectivity index (χ4n) is 3.38. The van der Waals surface area contributed by atoms with Crippen molar-refractivity contribution < 1.29 is 18.7 Å². The van der Waals surface area contributed by atoms with E-state index in [0.717, 1.165) is 5.56 Å². The summed E-state index contributed by atoms with van der Waals surface area (Å²) in [6.45, 7) is 8.18. The second kappa shape index (κ2) is 8.60. The van der Waals surface area contributed by atoms with Gasteiger partial charge in [-0.2, -0.15) is 10.0 Å². The fourth-order valence-corrected chi connectivity index (χ4v) is 4.19. The van der Waals surface area contributed by atoms with Gasteiger partial charge in [0.2, 0.25) is 0 Å². The quantitative estimate of drug-likeness (QED) is 0.495. The van der Waals surface area contributed by atoms with Crippen LogP contribution >= 0.6 is 26.0 Å². The van der Waals surface area contributed by atoms with Gasteiger partial charge in [-0.25, -0.2) is 9.18 Å². The molecular formula is C22H30BrFN2O3S. The van der Waals surface area contributed by atoms with Crippen molar-refractivity contribution in [3.63, 3.8) is 0 Å². The minimum absolute atomic E-state index is 0.0228. The molecule has 2 aliphatic rings. The number of fused-ring (bicyclic) bond motifs is 2. The Bertz CT molecular complexity index is 899. The molecular weight excluding hydrogens is 471 g/mol. The number of piperazine rings is 1. The van der Waals surface area contributed by atoms with Gasteiger partial charge in [0.1, 0.15) is 12.2 Å². The average Bonchev–Trinajstić information content (AvgIpc) is 2.80.